The summed E-state index contributed by atoms with van der Waals surface area (Å²) in [6.07, 6.45) is -0.958. The summed E-state index contributed by atoms with van der Waals surface area (Å²) in [6, 6.07) is 5.94. The number of nitrogens with one attached hydrogen (secondary N) is 1. The number of benzene rings is 1. The SMILES string of the molecule is CC(=O)C1=C(O)/C(=C(\C)Nc2ccc(OC(N)=O)cc2)C(=O)OC1=O. The minimum absolute atomic E-state index is 0.150. The highest BCUT2D eigenvalue weighted by atomic mass is 16.6. The van der Waals surface area contributed by atoms with Gasteiger partial charge in [-0.1, -0.05) is 0 Å². The van der Waals surface area contributed by atoms with E-state index in [1.54, 1.807) is 0 Å². The van der Waals surface area contributed by atoms with Crippen LogP contribution in [0.3, 0.4) is 0 Å². The topological polar surface area (TPSA) is 145 Å². The van der Waals surface area contributed by atoms with E-state index in [9.17, 15) is 24.3 Å². The van der Waals surface area contributed by atoms with Crippen molar-refractivity contribution in [3.63, 3.8) is 0 Å². The van der Waals surface area contributed by atoms with Crippen molar-refractivity contribution in [1.29, 1.82) is 0 Å². The monoisotopic (exact) mass is 346 g/mol. The lowest BCUT2D eigenvalue weighted by atomic mass is 10.0. The largest absolute Gasteiger partial charge is 0.506 e. The number of cyclic esters (lactones) is 2. The van der Waals surface area contributed by atoms with E-state index in [4.69, 9.17) is 5.73 Å². The predicted octanol–water partition coefficient (Wildman–Crippen LogP) is 1.31. The number of aliphatic hydroxyl groups is 1. The van der Waals surface area contributed by atoms with Crippen LogP contribution >= 0.6 is 0 Å². The van der Waals surface area contributed by atoms with Crippen molar-refractivity contribution in [2.24, 2.45) is 5.73 Å². The van der Waals surface area contributed by atoms with Crippen LogP contribution < -0.4 is 15.8 Å². The molecule has 25 heavy (non-hydrogen) atoms. The molecule has 1 amide bonds. The quantitative estimate of drug-likeness (QED) is 0.320. The molecule has 1 heterocycles. The summed E-state index contributed by atoms with van der Waals surface area (Å²) in [5.74, 6) is -3.53. The molecular weight excluding hydrogens is 332 g/mol. The van der Waals surface area contributed by atoms with Crippen LogP contribution in [0, 0.1) is 0 Å². The molecule has 2 rings (SSSR count). The molecule has 0 radical (unpaired) electrons. The first-order valence-electron chi connectivity index (χ1n) is 6.97. The highest BCUT2D eigenvalue weighted by Gasteiger charge is 2.36. The first kappa shape index (κ1) is 17.7. The molecule has 1 aromatic rings. The molecule has 0 saturated carbocycles. The lowest BCUT2D eigenvalue weighted by Crippen LogP contribution is -2.29. The van der Waals surface area contributed by atoms with Gasteiger partial charge in [0, 0.05) is 11.4 Å². The summed E-state index contributed by atoms with van der Waals surface area (Å²) in [7, 11) is 0. The number of esters is 2. The van der Waals surface area contributed by atoms with Crippen molar-refractivity contribution in [3.8, 4) is 5.75 Å². The number of ketones is 1. The van der Waals surface area contributed by atoms with E-state index < -0.39 is 35.1 Å². The molecule has 4 N–H and O–H groups in total. The number of allylic oxidation sites excluding steroid dienone is 1. The fourth-order valence-corrected chi connectivity index (χ4v) is 2.15. The van der Waals surface area contributed by atoms with Gasteiger partial charge in [0.2, 0.25) is 0 Å². The van der Waals surface area contributed by atoms with Crippen LogP contribution in [-0.4, -0.2) is 28.9 Å². The van der Waals surface area contributed by atoms with Crippen LogP contribution in [-0.2, 0) is 19.1 Å². The third-order valence-electron chi connectivity index (χ3n) is 3.20. The van der Waals surface area contributed by atoms with Gasteiger partial charge in [0.05, 0.1) is 0 Å². The van der Waals surface area contributed by atoms with Gasteiger partial charge >= 0.3 is 18.0 Å². The van der Waals surface area contributed by atoms with Gasteiger partial charge in [-0.15, -0.1) is 0 Å². The van der Waals surface area contributed by atoms with Crippen molar-refractivity contribution in [2.45, 2.75) is 13.8 Å². The predicted molar refractivity (Wildman–Crippen MR) is 84.4 cm³/mol. The Hall–Kier alpha value is -3.62. The Morgan fingerprint density at radius 3 is 2.24 bits per heavy atom. The average molecular weight is 346 g/mol. The van der Waals surface area contributed by atoms with E-state index in [1.807, 2.05) is 0 Å². The highest BCUT2D eigenvalue weighted by Crippen LogP contribution is 2.26. The Bertz CT molecular complexity index is 835. The summed E-state index contributed by atoms with van der Waals surface area (Å²) in [5, 5.41) is 12.9. The van der Waals surface area contributed by atoms with Crippen LogP contribution in [0.25, 0.3) is 0 Å². The minimum atomic E-state index is -1.19. The third-order valence-corrected chi connectivity index (χ3v) is 3.20. The number of rotatable bonds is 4. The number of carbonyl (C=O) groups is 4. The lowest BCUT2D eigenvalue weighted by molar-refractivity contribution is -0.155. The number of nitrogens with two attached hydrogens (primary N) is 1. The van der Waals surface area contributed by atoms with Gasteiger partial charge in [0.1, 0.15) is 22.7 Å². The van der Waals surface area contributed by atoms with E-state index in [0.29, 0.717) is 5.69 Å². The highest BCUT2D eigenvalue weighted by molar-refractivity contribution is 6.23. The summed E-state index contributed by atoms with van der Waals surface area (Å²) in [5.41, 5.74) is 4.59. The molecule has 9 nitrogen and oxygen atoms in total. The molecule has 0 saturated heterocycles. The smallest absolute Gasteiger partial charge is 0.409 e. The van der Waals surface area contributed by atoms with Crippen LogP contribution in [0.1, 0.15) is 13.8 Å². The van der Waals surface area contributed by atoms with E-state index in [1.165, 1.54) is 31.2 Å². The number of aliphatic hydroxyl groups excluding tert-OH is 1. The number of hydrogen-bond acceptors (Lipinski definition) is 8. The fourth-order valence-electron chi connectivity index (χ4n) is 2.15. The zero-order valence-corrected chi connectivity index (χ0v) is 13.3. The summed E-state index contributed by atoms with van der Waals surface area (Å²) >= 11 is 0. The molecule has 9 heteroatoms. The second-order valence-corrected chi connectivity index (χ2v) is 5.03. The first-order valence-corrected chi connectivity index (χ1v) is 6.97. The van der Waals surface area contributed by atoms with Gasteiger partial charge in [-0.25, -0.2) is 14.4 Å². The Morgan fingerprint density at radius 2 is 1.72 bits per heavy atom. The van der Waals surface area contributed by atoms with Gasteiger partial charge in [-0.2, -0.15) is 0 Å². The van der Waals surface area contributed by atoms with Crippen molar-refractivity contribution in [1.82, 2.24) is 0 Å². The molecule has 0 spiro atoms. The summed E-state index contributed by atoms with van der Waals surface area (Å²) < 4.78 is 9.16. The molecule has 130 valence electrons. The van der Waals surface area contributed by atoms with Crippen LogP contribution in [0.4, 0.5) is 10.5 Å². The molecule has 1 aromatic carbocycles. The van der Waals surface area contributed by atoms with Crippen LogP contribution in [0.5, 0.6) is 5.75 Å². The molecule has 0 bridgehead atoms. The molecular formula is C16H14N2O7. The second-order valence-electron chi connectivity index (χ2n) is 5.03. The van der Waals surface area contributed by atoms with Crippen LogP contribution in [0.2, 0.25) is 0 Å². The Kier molecular flexibility index (Phi) is 4.87. The molecule has 0 aliphatic carbocycles. The Morgan fingerprint density at radius 1 is 1.12 bits per heavy atom. The average Bonchev–Trinajstić information content (AvgIpc) is 2.47. The third kappa shape index (κ3) is 3.83. The molecule has 0 aromatic heterocycles. The minimum Gasteiger partial charge on any atom is -0.506 e. The van der Waals surface area contributed by atoms with E-state index >= 15 is 0 Å². The number of primary amides is 1. The van der Waals surface area contributed by atoms with Gasteiger partial charge in [0.15, 0.2) is 5.78 Å². The Balaban J connectivity index is 2.35. The number of ether oxygens (including phenoxy) is 2. The maximum absolute atomic E-state index is 11.9. The normalized spacial score (nSPS) is 16.2. The Labute approximate surface area is 141 Å². The van der Waals surface area contributed by atoms with E-state index in [0.717, 1.165) is 6.92 Å². The zero-order chi connectivity index (χ0) is 18.7. The zero-order valence-electron chi connectivity index (χ0n) is 13.3. The summed E-state index contributed by atoms with van der Waals surface area (Å²) in [6.45, 7) is 2.52. The molecule has 1 aliphatic rings. The molecule has 1 aliphatic heterocycles. The van der Waals surface area contributed by atoms with Crippen molar-refractivity contribution in [3.05, 3.63) is 46.9 Å². The maximum Gasteiger partial charge on any atom is 0.409 e. The van der Waals surface area contributed by atoms with Gasteiger partial charge < -0.3 is 25.6 Å². The van der Waals surface area contributed by atoms with Crippen molar-refractivity contribution in [2.75, 3.05) is 5.32 Å². The first-order chi connectivity index (χ1) is 11.7. The standard InChI is InChI=1S/C16H14N2O7/c1-7(18-9-3-5-10(6-4-9)24-16(17)23)11-13(20)12(8(2)19)15(22)25-14(11)21/h3-6,18,20H,1-2H3,(H2,17,23)/b11-7-. The second kappa shape index (κ2) is 6.87. The van der Waals surface area contributed by atoms with Crippen molar-refractivity contribution < 1.29 is 33.8 Å². The number of hydrogen-bond donors (Lipinski definition) is 3. The summed E-state index contributed by atoms with van der Waals surface area (Å²) in [4.78, 5) is 45.5. The van der Waals surface area contributed by atoms with Gasteiger partial charge in [-0.3, -0.25) is 4.79 Å². The van der Waals surface area contributed by atoms with Crippen molar-refractivity contribution >= 4 is 29.5 Å². The molecule has 0 unspecified atom stereocenters. The number of carbonyl (C=O) groups excluding carboxylic acids is 4. The number of anilines is 1. The number of Topliss-reactive ketones (excluding diaryl/α,β-unsaturated/α-hetero) is 1. The van der Waals surface area contributed by atoms with E-state index in [-0.39, 0.29) is 17.0 Å². The molecule has 0 atom stereocenters. The van der Waals surface area contributed by atoms with Gasteiger partial charge in [0.25, 0.3) is 0 Å². The fraction of sp³-hybridized carbons (Fsp3) is 0.125. The number of amides is 1. The van der Waals surface area contributed by atoms with E-state index in [2.05, 4.69) is 14.8 Å². The molecule has 0 fully saturated rings. The van der Waals surface area contributed by atoms with Crippen LogP contribution in [0.15, 0.2) is 46.9 Å². The lowest BCUT2D eigenvalue weighted by Gasteiger charge is -2.18. The van der Waals surface area contributed by atoms with Gasteiger partial charge in [-0.05, 0) is 38.1 Å². The maximum atomic E-state index is 11.9.